The summed E-state index contributed by atoms with van der Waals surface area (Å²) >= 11 is 0. The normalized spacial score (nSPS) is 13.7. The Balaban J connectivity index is 3.76. The Morgan fingerprint density at radius 1 is 0.742 bits per heavy atom. The van der Waals surface area contributed by atoms with Gasteiger partial charge in [-0.05, 0) is 6.42 Å². The zero-order valence-electron chi connectivity index (χ0n) is 19.0. The molecule has 0 radical (unpaired) electrons. The third-order valence-corrected chi connectivity index (χ3v) is 7.12. The van der Waals surface area contributed by atoms with Crippen molar-refractivity contribution >= 4 is 22.1 Å². The average Bonchev–Trinajstić information content (AvgIpc) is 2.68. The van der Waals surface area contributed by atoms with Crippen LogP contribution in [-0.2, 0) is 24.4 Å². The second-order valence-electron chi connectivity index (χ2n) is 8.30. The Hall–Kier alpha value is -1.19. The molecular formula is C22H42O8S. The topological polar surface area (TPSA) is 138 Å². The minimum absolute atomic E-state index is 0.252. The van der Waals surface area contributed by atoms with Crippen LogP contribution in [0.1, 0.15) is 110 Å². The highest BCUT2D eigenvalue weighted by molar-refractivity contribution is 7.88. The number of hydrogen-bond donors (Lipinski definition) is 3. The Morgan fingerprint density at radius 3 is 1.52 bits per heavy atom. The highest BCUT2D eigenvalue weighted by Crippen LogP contribution is 2.26. The van der Waals surface area contributed by atoms with Crippen LogP contribution in [0.2, 0.25) is 0 Å². The lowest BCUT2D eigenvalue weighted by Gasteiger charge is -2.24. The molecule has 9 heteroatoms. The van der Waals surface area contributed by atoms with Gasteiger partial charge < -0.3 is 14.9 Å². The maximum Gasteiger partial charge on any atom is 0.328 e. The molecule has 0 aliphatic rings. The van der Waals surface area contributed by atoms with E-state index in [1.807, 2.05) is 0 Å². The van der Waals surface area contributed by atoms with E-state index in [4.69, 9.17) is 9.84 Å². The van der Waals surface area contributed by atoms with Crippen LogP contribution in [0.25, 0.3) is 0 Å². The smallest absolute Gasteiger partial charge is 0.328 e. The highest BCUT2D eigenvalue weighted by atomic mass is 32.2. The van der Waals surface area contributed by atoms with E-state index in [1.165, 1.54) is 70.6 Å². The molecule has 0 saturated heterocycles. The fourth-order valence-electron chi connectivity index (χ4n) is 3.58. The minimum atomic E-state index is -5.10. The summed E-state index contributed by atoms with van der Waals surface area (Å²) < 4.78 is 34.7. The molecule has 0 aromatic carbocycles. The van der Waals surface area contributed by atoms with Crippen LogP contribution in [0.15, 0.2) is 0 Å². The van der Waals surface area contributed by atoms with E-state index in [0.717, 1.165) is 19.3 Å². The van der Waals surface area contributed by atoms with E-state index in [-0.39, 0.29) is 6.61 Å². The van der Waals surface area contributed by atoms with Crippen molar-refractivity contribution in [3.05, 3.63) is 0 Å². The van der Waals surface area contributed by atoms with Crippen LogP contribution in [0, 0.1) is 0 Å². The quantitative estimate of drug-likeness (QED) is 0.149. The van der Waals surface area contributed by atoms with Gasteiger partial charge in [0.2, 0.25) is 4.75 Å². The molecule has 0 aliphatic carbocycles. The molecule has 0 amide bonds. The molecule has 0 aromatic rings. The van der Waals surface area contributed by atoms with Crippen molar-refractivity contribution in [2.24, 2.45) is 0 Å². The van der Waals surface area contributed by atoms with Crippen LogP contribution in [0.5, 0.6) is 0 Å². The molecular weight excluding hydrogens is 424 g/mol. The number of carbonyl (C=O) groups is 2. The van der Waals surface area contributed by atoms with Gasteiger partial charge in [-0.25, -0.2) is 0 Å². The van der Waals surface area contributed by atoms with Gasteiger partial charge in [-0.3, -0.25) is 14.1 Å². The van der Waals surface area contributed by atoms with Crippen molar-refractivity contribution in [3.8, 4) is 0 Å². The fourth-order valence-corrected chi connectivity index (χ4v) is 4.45. The molecule has 1 unspecified atom stereocenters. The van der Waals surface area contributed by atoms with Crippen molar-refractivity contribution in [3.63, 3.8) is 0 Å². The first-order chi connectivity index (χ1) is 14.7. The summed E-state index contributed by atoms with van der Waals surface area (Å²) in [5, 5.41) is 18.0. The summed E-state index contributed by atoms with van der Waals surface area (Å²) in [7, 11) is -5.10. The second-order valence-corrected chi connectivity index (χ2v) is 10.0. The highest BCUT2D eigenvalue weighted by Gasteiger charge is 2.52. The van der Waals surface area contributed by atoms with Gasteiger partial charge >= 0.3 is 11.9 Å². The van der Waals surface area contributed by atoms with Crippen molar-refractivity contribution in [2.45, 2.75) is 114 Å². The van der Waals surface area contributed by atoms with Crippen LogP contribution >= 0.6 is 0 Å². The molecule has 0 heterocycles. The molecule has 3 N–H and O–H groups in total. The minimum Gasteiger partial charge on any atom is -0.481 e. The third kappa shape index (κ3) is 13.7. The third-order valence-electron chi connectivity index (χ3n) is 5.61. The van der Waals surface area contributed by atoms with Gasteiger partial charge in [0.15, 0.2) is 0 Å². The maximum atomic E-state index is 11.5. The molecule has 0 saturated carbocycles. The largest absolute Gasteiger partial charge is 0.481 e. The summed E-state index contributed by atoms with van der Waals surface area (Å²) in [4.78, 5) is 22.2. The number of rotatable bonds is 22. The van der Waals surface area contributed by atoms with Crippen LogP contribution in [0.3, 0.4) is 0 Å². The summed E-state index contributed by atoms with van der Waals surface area (Å²) in [6, 6.07) is 0. The standard InChI is InChI=1S/C22H42O8S/c1-2-3-4-5-6-7-8-9-10-11-12-13-14-15-17-30-18-16-22(21(25)26,19-20(23)24)31(27,28)29/h2-19H2,1H3,(H,23,24)(H,25,26)(H,27,28,29). The Bertz CT molecular complexity index is 590. The zero-order valence-corrected chi connectivity index (χ0v) is 19.8. The van der Waals surface area contributed by atoms with Crippen LogP contribution in [-0.4, -0.2) is 53.1 Å². The van der Waals surface area contributed by atoms with Gasteiger partial charge in [0.05, 0.1) is 6.42 Å². The molecule has 0 spiro atoms. The molecule has 0 aliphatic heterocycles. The van der Waals surface area contributed by atoms with Crippen molar-refractivity contribution in [1.82, 2.24) is 0 Å². The van der Waals surface area contributed by atoms with Gasteiger partial charge in [0, 0.05) is 19.6 Å². The zero-order chi connectivity index (χ0) is 23.6. The van der Waals surface area contributed by atoms with Gasteiger partial charge in [-0.1, -0.05) is 90.4 Å². The predicted octanol–water partition coefficient (Wildman–Crippen LogP) is 5.06. The summed E-state index contributed by atoms with van der Waals surface area (Å²) in [6.45, 7) is 2.32. The molecule has 0 fully saturated rings. The molecule has 184 valence electrons. The molecule has 0 bridgehead atoms. The molecule has 0 rings (SSSR count). The first-order valence-electron chi connectivity index (χ1n) is 11.7. The van der Waals surface area contributed by atoms with Crippen LogP contribution < -0.4 is 0 Å². The van der Waals surface area contributed by atoms with Crippen molar-refractivity contribution < 1.29 is 37.5 Å². The van der Waals surface area contributed by atoms with E-state index in [2.05, 4.69) is 6.92 Å². The summed E-state index contributed by atoms with van der Waals surface area (Å²) in [5.41, 5.74) is 0. The average molecular weight is 467 g/mol. The van der Waals surface area contributed by atoms with Gasteiger partial charge in [-0.15, -0.1) is 0 Å². The molecule has 8 nitrogen and oxygen atoms in total. The van der Waals surface area contributed by atoms with Gasteiger partial charge in [-0.2, -0.15) is 8.42 Å². The number of carboxylic acid groups (broad SMARTS) is 2. The van der Waals surface area contributed by atoms with E-state index >= 15 is 0 Å². The van der Waals surface area contributed by atoms with Crippen LogP contribution in [0.4, 0.5) is 0 Å². The lowest BCUT2D eigenvalue weighted by atomic mass is 10.0. The molecule has 1 atom stereocenters. The lowest BCUT2D eigenvalue weighted by Crippen LogP contribution is -2.48. The second kappa shape index (κ2) is 17.4. The number of unbranched alkanes of at least 4 members (excludes halogenated alkanes) is 13. The number of ether oxygens (including phenoxy) is 1. The fraction of sp³-hybridized carbons (Fsp3) is 0.909. The number of hydrogen-bond acceptors (Lipinski definition) is 5. The Labute approximate surface area is 187 Å². The Morgan fingerprint density at radius 2 is 1.16 bits per heavy atom. The number of carboxylic acids is 2. The first-order valence-corrected chi connectivity index (χ1v) is 13.1. The van der Waals surface area contributed by atoms with E-state index in [0.29, 0.717) is 6.61 Å². The van der Waals surface area contributed by atoms with E-state index in [9.17, 15) is 27.7 Å². The summed E-state index contributed by atoms with van der Waals surface area (Å²) in [5.74, 6) is -3.51. The first kappa shape index (κ1) is 29.8. The number of aliphatic carboxylic acids is 2. The van der Waals surface area contributed by atoms with E-state index in [1.54, 1.807) is 0 Å². The Kier molecular flexibility index (Phi) is 16.7. The molecule has 31 heavy (non-hydrogen) atoms. The van der Waals surface area contributed by atoms with Gasteiger partial charge in [0.1, 0.15) is 0 Å². The SMILES string of the molecule is CCCCCCCCCCCCCCCCOCCC(CC(=O)O)(C(=O)O)S(=O)(=O)O. The monoisotopic (exact) mass is 466 g/mol. The predicted molar refractivity (Wildman–Crippen MR) is 120 cm³/mol. The maximum absolute atomic E-state index is 11.5. The van der Waals surface area contributed by atoms with Crippen molar-refractivity contribution in [2.75, 3.05) is 13.2 Å². The van der Waals surface area contributed by atoms with Crippen molar-refractivity contribution in [1.29, 1.82) is 0 Å². The summed E-state index contributed by atoms with van der Waals surface area (Å²) in [6.07, 6.45) is 15.3. The molecule has 0 aromatic heterocycles. The van der Waals surface area contributed by atoms with E-state index < -0.39 is 39.6 Å². The van der Waals surface area contributed by atoms with Gasteiger partial charge in [0.25, 0.3) is 10.1 Å². The lowest BCUT2D eigenvalue weighted by molar-refractivity contribution is -0.147.